The number of piperidine rings is 1. The van der Waals surface area contributed by atoms with Crippen LogP contribution < -0.4 is 16.0 Å². The zero-order valence-electron chi connectivity index (χ0n) is 28.0. The third kappa shape index (κ3) is 8.20. The van der Waals surface area contributed by atoms with E-state index in [9.17, 15) is 28.0 Å². The average molecular weight is 671 g/mol. The van der Waals surface area contributed by atoms with E-state index in [0.29, 0.717) is 30.9 Å². The van der Waals surface area contributed by atoms with Crippen LogP contribution in [0.15, 0.2) is 30.5 Å². The minimum absolute atomic E-state index is 0.0877. The Balaban J connectivity index is 1.57. The third-order valence-electron chi connectivity index (χ3n) is 9.78. The largest absolute Gasteiger partial charge is 0.344 e. The molecule has 13 heteroatoms. The zero-order valence-corrected chi connectivity index (χ0v) is 28.0. The van der Waals surface area contributed by atoms with Gasteiger partial charge in [-0.25, -0.2) is 13.2 Å². The van der Waals surface area contributed by atoms with E-state index in [1.807, 2.05) is 6.92 Å². The lowest BCUT2D eigenvalue weighted by molar-refractivity contribution is -0.142. The SMILES string of the molecule is C#CC1([C@H](NC(=O)c2ccnn2CC)C(=O)Nc2ccc([C@H](C)[C@@H](NC(=O)CC)C(=O)N3CCC(F)(F)CC3)cc2F)CCC(C)CC1. The molecule has 1 saturated heterocycles. The predicted octanol–water partition coefficient (Wildman–Crippen LogP) is 4.86. The molecule has 1 saturated carbocycles. The first-order valence-electron chi connectivity index (χ1n) is 16.6. The number of carbonyl (C=O) groups excluding carboxylic acids is 4. The highest BCUT2D eigenvalue weighted by molar-refractivity contribution is 6.01. The average Bonchev–Trinajstić information content (AvgIpc) is 3.56. The summed E-state index contributed by atoms with van der Waals surface area (Å²) >= 11 is 0. The van der Waals surface area contributed by atoms with Gasteiger partial charge in [-0.3, -0.25) is 23.9 Å². The van der Waals surface area contributed by atoms with Gasteiger partial charge < -0.3 is 20.9 Å². The molecule has 2 aliphatic rings. The Bertz CT molecular complexity index is 1530. The number of nitrogens with zero attached hydrogens (tertiary/aromatic N) is 3. The molecule has 1 aromatic heterocycles. The maximum Gasteiger partial charge on any atom is 0.270 e. The fourth-order valence-electron chi connectivity index (χ4n) is 6.47. The van der Waals surface area contributed by atoms with Gasteiger partial charge in [0.05, 0.1) is 11.1 Å². The van der Waals surface area contributed by atoms with E-state index in [1.165, 1.54) is 27.9 Å². The third-order valence-corrected chi connectivity index (χ3v) is 9.78. The maximum absolute atomic E-state index is 15.7. The van der Waals surface area contributed by atoms with E-state index in [-0.39, 0.29) is 30.9 Å². The van der Waals surface area contributed by atoms with Crippen LogP contribution in [0, 0.1) is 29.5 Å². The highest BCUT2D eigenvalue weighted by atomic mass is 19.3. The number of hydrogen-bond acceptors (Lipinski definition) is 5. The Labute approximate surface area is 279 Å². The second-order valence-electron chi connectivity index (χ2n) is 13.0. The minimum atomic E-state index is -2.86. The molecule has 0 spiro atoms. The van der Waals surface area contributed by atoms with Crippen LogP contribution in [0.1, 0.15) is 94.6 Å². The van der Waals surface area contributed by atoms with Crippen LogP contribution in [0.25, 0.3) is 0 Å². The number of rotatable bonds is 11. The molecule has 4 amide bonds. The van der Waals surface area contributed by atoms with Crippen molar-refractivity contribution in [2.45, 2.75) is 103 Å². The molecular formula is C35H45F3N6O4. The van der Waals surface area contributed by atoms with Gasteiger partial charge in [0, 0.05) is 51.0 Å². The topological polar surface area (TPSA) is 125 Å². The Morgan fingerprint density at radius 1 is 1.06 bits per heavy atom. The zero-order chi connectivity index (χ0) is 35.2. The molecule has 1 aliphatic carbocycles. The van der Waals surface area contributed by atoms with Crippen molar-refractivity contribution in [3.05, 3.63) is 47.5 Å². The van der Waals surface area contributed by atoms with Crippen molar-refractivity contribution in [3.8, 4) is 12.3 Å². The van der Waals surface area contributed by atoms with Gasteiger partial charge >= 0.3 is 0 Å². The van der Waals surface area contributed by atoms with Crippen molar-refractivity contribution in [1.82, 2.24) is 25.3 Å². The quantitative estimate of drug-likeness (QED) is 0.295. The molecular weight excluding hydrogens is 625 g/mol. The molecule has 2 fully saturated rings. The fourth-order valence-corrected chi connectivity index (χ4v) is 6.47. The molecule has 1 aromatic carbocycles. The highest BCUT2D eigenvalue weighted by Gasteiger charge is 2.45. The molecule has 48 heavy (non-hydrogen) atoms. The summed E-state index contributed by atoms with van der Waals surface area (Å²) in [6.07, 6.45) is 9.15. The van der Waals surface area contributed by atoms with Crippen LogP contribution in [0.3, 0.4) is 0 Å². The summed E-state index contributed by atoms with van der Waals surface area (Å²) in [6.45, 7) is 7.30. The highest BCUT2D eigenvalue weighted by Crippen LogP contribution is 2.42. The molecule has 260 valence electrons. The van der Waals surface area contributed by atoms with Gasteiger partial charge in [-0.05, 0) is 62.3 Å². The van der Waals surface area contributed by atoms with Gasteiger partial charge in [0.2, 0.25) is 17.7 Å². The smallest absolute Gasteiger partial charge is 0.270 e. The van der Waals surface area contributed by atoms with Gasteiger partial charge in [0.1, 0.15) is 23.6 Å². The number of halogens is 3. The number of anilines is 1. The molecule has 4 rings (SSSR count). The number of carbonyl (C=O) groups is 4. The number of benzene rings is 1. The van der Waals surface area contributed by atoms with E-state index < -0.39 is 71.6 Å². The fraction of sp³-hybridized carbons (Fsp3) is 0.571. The summed E-state index contributed by atoms with van der Waals surface area (Å²) in [6, 6.07) is 3.28. The van der Waals surface area contributed by atoms with Gasteiger partial charge in [0.25, 0.3) is 11.8 Å². The number of amides is 4. The summed E-state index contributed by atoms with van der Waals surface area (Å²) in [5.41, 5.74) is -0.559. The molecule has 0 bridgehead atoms. The maximum atomic E-state index is 15.7. The van der Waals surface area contributed by atoms with E-state index in [4.69, 9.17) is 6.42 Å². The second kappa shape index (κ2) is 15.3. The number of aromatic nitrogens is 2. The summed E-state index contributed by atoms with van der Waals surface area (Å²) in [7, 11) is 0. The summed E-state index contributed by atoms with van der Waals surface area (Å²) in [5.74, 6) is -3.36. The van der Waals surface area contributed by atoms with Crippen molar-refractivity contribution < 1.29 is 32.3 Å². The number of hydrogen-bond donors (Lipinski definition) is 3. The first-order valence-corrected chi connectivity index (χ1v) is 16.6. The Morgan fingerprint density at radius 2 is 1.73 bits per heavy atom. The molecule has 3 N–H and O–H groups in total. The molecule has 3 atom stereocenters. The van der Waals surface area contributed by atoms with E-state index in [1.54, 1.807) is 19.9 Å². The van der Waals surface area contributed by atoms with Crippen LogP contribution in [-0.2, 0) is 20.9 Å². The minimum Gasteiger partial charge on any atom is -0.344 e. The first kappa shape index (κ1) is 36.5. The van der Waals surface area contributed by atoms with Crippen LogP contribution >= 0.6 is 0 Å². The summed E-state index contributed by atoms with van der Waals surface area (Å²) < 4.78 is 44.7. The van der Waals surface area contributed by atoms with Crippen LogP contribution in [0.4, 0.5) is 18.9 Å². The lowest BCUT2D eigenvalue weighted by atomic mass is 9.66. The van der Waals surface area contributed by atoms with Gasteiger partial charge in [-0.1, -0.05) is 32.8 Å². The number of alkyl halides is 2. The van der Waals surface area contributed by atoms with E-state index in [0.717, 1.165) is 18.9 Å². The molecule has 1 aliphatic heterocycles. The number of aryl methyl sites for hydroxylation is 1. The molecule has 0 radical (unpaired) electrons. The molecule has 2 heterocycles. The van der Waals surface area contributed by atoms with Crippen molar-refractivity contribution >= 4 is 29.3 Å². The van der Waals surface area contributed by atoms with E-state index >= 15 is 4.39 Å². The second-order valence-corrected chi connectivity index (χ2v) is 13.0. The lowest BCUT2D eigenvalue weighted by Crippen LogP contribution is -2.55. The van der Waals surface area contributed by atoms with Crippen LogP contribution in [-0.4, -0.2) is 69.4 Å². The van der Waals surface area contributed by atoms with Gasteiger partial charge in [-0.15, -0.1) is 6.42 Å². The van der Waals surface area contributed by atoms with Crippen molar-refractivity contribution in [3.63, 3.8) is 0 Å². The van der Waals surface area contributed by atoms with Gasteiger partial charge in [0.15, 0.2) is 0 Å². The summed E-state index contributed by atoms with van der Waals surface area (Å²) in [5, 5.41) is 12.2. The van der Waals surface area contributed by atoms with Crippen LogP contribution in [0.5, 0.6) is 0 Å². The number of nitrogens with one attached hydrogen (secondary N) is 3. The van der Waals surface area contributed by atoms with Crippen molar-refractivity contribution in [1.29, 1.82) is 0 Å². The lowest BCUT2D eigenvalue weighted by Gasteiger charge is -2.40. The van der Waals surface area contributed by atoms with Crippen molar-refractivity contribution in [2.75, 3.05) is 18.4 Å². The molecule has 2 aromatic rings. The number of terminal acetylenes is 1. The monoisotopic (exact) mass is 670 g/mol. The Kier molecular flexibility index (Phi) is 11.6. The van der Waals surface area contributed by atoms with Crippen LogP contribution in [0.2, 0.25) is 0 Å². The Hall–Kier alpha value is -4.34. The molecule has 0 unspecified atom stereocenters. The Morgan fingerprint density at radius 3 is 2.31 bits per heavy atom. The number of likely N-dealkylation sites (tertiary alicyclic amines) is 1. The first-order chi connectivity index (χ1) is 22.7. The van der Waals surface area contributed by atoms with Crippen molar-refractivity contribution in [2.24, 2.45) is 11.3 Å². The van der Waals surface area contributed by atoms with E-state index in [2.05, 4.69) is 33.9 Å². The molecule has 10 nitrogen and oxygen atoms in total. The van der Waals surface area contributed by atoms with Gasteiger partial charge in [-0.2, -0.15) is 5.10 Å². The summed E-state index contributed by atoms with van der Waals surface area (Å²) in [4.78, 5) is 54.4. The standard InChI is InChI=1S/C35H45F3N6O4/c1-6-28(45)41-29(33(48)43-19-16-35(37,38)17-20-43)23(5)24-9-10-26(25(36)21-24)40-32(47)30(34(7-2)14-11-22(4)12-15-34)42-31(46)27-13-18-39-44(27)8-3/h2,9-10,13,18,21-23,29-30H,6,8,11-12,14-17,19-20H2,1,3-5H3,(H,40,47)(H,41,45)(H,42,46)/t22?,23-,29+,30+,34?/m0/s1. The normalized spacial score (nSPS) is 22.5. The predicted molar refractivity (Wildman–Crippen MR) is 174 cm³/mol.